The summed E-state index contributed by atoms with van der Waals surface area (Å²) in [7, 11) is 0. The highest BCUT2D eigenvalue weighted by atomic mass is 16.2. The van der Waals surface area contributed by atoms with Gasteiger partial charge in [-0.05, 0) is 25.7 Å². The van der Waals surface area contributed by atoms with Crippen LogP contribution < -0.4 is 0 Å². The van der Waals surface area contributed by atoms with Crippen LogP contribution in [0, 0.1) is 11.8 Å². The molecule has 1 aliphatic heterocycles. The van der Waals surface area contributed by atoms with E-state index in [1.165, 1.54) is 43.4 Å². The van der Waals surface area contributed by atoms with E-state index < -0.39 is 0 Å². The van der Waals surface area contributed by atoms with Crippen molar-refractivity contribution in [3.05, 3.63) is 12.3 Å². The summed E-state index contributed by atoms with van der Waals surface area (Å²) in [6, 6.07) is 0. The fraction of sp³-hybridized carbons (Fsp3) is 0.750. The molecule has 1 saturated carbocycles. The largest absolute Gasteiger partial charge is 0.274 e. The Morgan fingerprint density at radius 2 is 1.58 bits per heavy atom. The number of imide groups is 1. The van der Waals surface area contributed by atoms with E-state index in [1.54, 1.807) is 12.3 Å². The van der Waals surface area contributed by atoms with Crippen molar-refractivity contribution in [3.63, 3.8) is 0 Å². The fourth-order valence-electron chi connectivity index (χ4n) is 3.42. The summed E-state index contributed by atoms with van der Waals surface area (Å²) in [5, 5.41) is 0. The monoisotopic (exact) mass is 263 g/mol. The Hall–Kier alpha value is -1.12. The number of rotatable bonds is 2. The number of nitrogens with zero attached hydrogens (tertiary/aromatic N) is 1. The van der Waals surface area contributed by atoms with Gasteiger partial charge in [-0.15, -0.1) is 0 Å². The Bertz CT molecular complexity index is 352. The van der Waals surface area contributed by atoms with Crippen LogP contribution in [0.25, 0.3) is 0 Å². The molecule has 106 valence electrons. The van der Waals surface area contributed by atoms with Gasteiger partial charge in [0.15, 0.2) is 0 Å². The second-order valence-corrected chi connectivity index (χ2v) is 5.85. The Morgan fingerprint density at radius 1 is 1.00 bits per heavy atom. The second-order valence-electron chi connectivity index (χ2n) is 5.85. The summed E-state index contributed by atoms with van der Waals surface area (Å²) < 4.78 is 0. The normalized spacial score (nSPS) is 27.6. The van der Waals surface area contributed by atoms with E-state index in [9.17, 15) is 9.59 Å². The topological polar surface area (TPSA) is 37.4 Å². The molecular weight excluding hydrogens is 238 g/mol. The number of hydrogen-bond acceptors (Lipinski definition) is 2. The molecule has 2 aliphatic rings. The van der Waals surface area contributed by atoms with Crippen molar-refractivity contribution < 1.29 is 9.59 Å². The summed E-state index contributed by atoms with van der Waals surface area (Å²) >= 11 is 0. The SMILES string of the molecule is C/C=C/N1C(=O)CC(C2CCCCCCCC2)C1=O. The van der Waals surface area contributed by atoms with E-state index in [-0.39, 0.29) is 17.7 Å². The van der Waals surface area contributed by atoms with Crippen LogP contribution >= 0.6 is 0 Å². The molecule has 0 aromatic carbocycles. The maximum absolute atomic E-state index is 12.3. The fourth-order valence-corrected chi connectivity index (χ4v) is 3.42. The number of hydrogen-bond donors (Lipinski definition) is 0. The molecule has 2 amide bonds. The van der Waals surface area contributed by atoms with Crippen LogP contribution in [0.15, 0.2) is 12.3 Å². The average molecular weight is 263 g/mol. The number of allylic oxidation sites excluding steroid dienone is 1. The molecule has 1 heterocycles. The van der Waals surface area contributed by atoms with Crippen LogP contribution in [0.2, 0.25) is 0 Å². The van der Waals surface area contributed by atoms with Gasteiger partial charge in [-0.2, -0.15) is 0 Å². The molecule has 2 rings (SSSR count). The summed E-state index contributed by atoms with van der Waals surface area (Å²) in [5.74, 6) is 0.381. The number of carbonyl (C=O) groups is 2. The Balaban J connectivity index is 2.03. The molecule has 0 radical (unpaired) electrons. The molecule has 19 heavy (non-hydrogen) atoms. The maximum atomic E-state index is 12.3. The average Bonchev–Trinajstić information content (AvgIpc) is 2.75. The Labute approximate surface area is 116 Å². The molecule has 1 unspecified atom stereocenters. The zero-order valence-electron chi connectivity index (χ0n) is 11.9. The minimum Gasteiger partial charge on any atom is -0.274 e. The smallest absolute Gasteiger partial charge is 0.237 e. The third kappa shape index (κ3) is 3.46. The summed E-state index contributed by atoms with van der Waals surface area (Å²) in [6.07, 6.45) is 13.7. The highest BCUT2D eigenvalue weighted by Crippen LogP contribution is 2.34. The van der Waals surface area contributed by atoms with E-state index in [1.807, 2.05) is 6.92 Å². The molecule has 1 atom stereocenters. The predicted molar refractivity (Wildman–Crippen MR) is 75.2 cm³/mol. The molecule has 1 aliphatic carbocycles. The van der Waals surface area contributed by atoms with Gasteiger partial charge < -0.3 is 0 Å². The van der Waals surface area contributed by atoms with Gasteiger partial charge in [0, 0.05) is 12.6 Å². The molecule has 3 heteroatoms. The van der Waals surface area contributed by atoms with E-state index in [2.05, 4.69) is 0 Å². The van der Waals surface area contributed by atoms with Crippen molar-refractivity contribution >= 4 is 11.8 Å². The Morgan fingerprint density at radius 3 is 2.16 bits per heavy atom. The molecule has 0 bridgehead atoms. The van der Waals surface area contributed by atoms with Crippen molar-refractivity contribution in [2.45, 2.75) is 64.7 Å². The van der Waals surface area contributed by atoms with Gasteiger partial charge in [0.05, 0.1) is 5.92 Å². The van der Waals surface area contributed by atoms with Gasteiger partial charge >= 0.3 is 0 Å². The van der Waals surface area contributed by atoms with E-state index >= 15 is 0 Å². The summed E-state index contributed by atoms with van der Waals surface area (Å²) in [5.41, 5.74) is 0. The number of carbonyl (C=O) groups excluding carboxylic acids is 2. The second kappa shape index (κ2) is 6.88. The van der Waals surface area contributed by atoms with Crippen LogP contribution in [-0.4, -0.2) is 16.7 Å². The minimum atomic E-state index is -0.0539. The van der Waals surface area contributed by atoms with Crippen LogP contribution in [0.3, 0.4) is 0 Å². The molecule has 2 fully saturated rings. The van der Waals surface area contributed by atoms with Crippen molar-refractivity contribution in [2.75, 3.05) is 0 Å². The molecule has 3 nitrogen and oxygen atoms in total. The van der Waals surface area contributed by atoms with Crippen molar-refractivity contribution in [1.29, 1.82) is 0 Å². The first-order chi connectivity index (χ1) is 9.24. The quantitative estimate of drug-likeness (QED) is 0.713. The minimum absolute atomic E-state index is 0.0204. The number of likely N-dealkylation sites (tertiary alicyclic amines) is 1. The zero-order valence-corrected chi connectivity index (χ0v) is 11.9. The van der Waals surface area contributed by atoms with E-state index in [4.69, 9.17) is 0 Å². The molecule has 0 aromatic rings. The predicted octanol–water partition coefficient (Wildman–Crippen LogP) is 3.65. The summed E-state index contributed by atoms with van der Waals surface area (Å²) in [6.45, 7) is 1.84. The van der Waals surface area contributed by atoms with Crippen LogP contribution in [0.1, 0.15) is 64.7 Å². The van der Waals surface area contributed by atoms with Gasteiger partial charge in [0.2, 0.25) is 11.8 Å². The van der Waals surface area contributed by atoms with E-state index in [0.29, 0.717) is 12.3 Å². The van der Waals surface area contributed by atoms with Gasteiger partial charge in [0.25, 0.3) is 0 Å². The lowest BCUT2D eigenvalue weighted by molar-refractivity contribution is -0.136. The lowest BCUT2D eigenvalue weighted by atomic mass is 9.83. The van der Waals surface area contributed by atoms with Crippen molar-refractivity contribution in [3.8, 4) is 0 Å². The third-order valence-electron chi connectivity index (χ3n) is 4.48. The van der Waals surface area contributed by atoms with Gasteiger partial charge in [-0.3, -0.25) is 14.5 Å². The van der Waals surface area contributed by atoms with Crippen molar-refractivity contribution in [2.24, 2.45) is 11.8 Å². The third-order valence-corrected chi connectivity index (χ3v) is 4.48. The molecular formula is C16H25NO2. The highest BCUT2D eigenvalue weighted by molar-refractivity contribution is 6.04. The zero-order chi connectivity index (χ0) is 13.7. The lowest BCUT2D eigenvalue weighted by Crippen LogP contribution is -2.28. The van der Waals surface area contributed by atoms with E-state index in [0.717, 1.165) is 12.8 Å². The van der Waals surface area contributed by atoms with Crippen molar-refractivity contribution in [1.82, 2.24) is 4.90 Å². The van der Waals surface area contributed by atoms with Crippen LogP contribution in [0.5, 0.6) is 0 Å². The maximum Gasteiger partial charge on any atom is 0.237 e. The first-order valence-corrected chi connectivity index (χ1v) is 7.72. The van der Waals surface area contributed by atoms with Gasteiger partial charge in [-0.1, -0.05) is 44.6 Å². The highest BCUT2D eigenvalue weighted by Gasteiger charge is 2.41. The molecule has 1 saturated heterocycles. The molecule has 0 N–H and O–H groups in total. The first-order valence-electron chi connectivity index (χ1n) is 7.72. The van der Waals surface area contributed by atoms with Gasteiger partial charge in [0.1, 0.15) is 0 Å². The van der Waals surface area contributed by atoms with Crippen LogP contribution in [0.4, 0.5) is 0 Å². The Kier molecular flexibility index (Phi) is 5.17. The molecule has 0 aromatic heterocycles. The standard InChI is InChI=1S/C16H25NO2/c1-2-11-17-15(18)12-14(16(17)19)13-9-7-5-3-4-6-8-10-13/h2,11,13-14H,3-10,12H2,1H3/b11-2+. The summed E-state index contributed by atoms with van der Waals surface area (Å²) in [4.78, 5) is 25.6. The van der Waals surface area contributed by atoms with Crippen LogP contribution in [-0.2, 0) is 9.59 Å². The van der Waals surface area contributed by atoms with Gasteiger partial charge in [-0.25, -0.2) is 0 Å². The number of amides is 2. The lowest BCUT2D eigenvalue weighted by Gasteiger charge is -2.21. The molecule has 0 spiro atoms. The first kappa shape index (κ1) is 14.3.